The first kappa shape index (κ1) is 11.9. The number of hydrogen-bond donors (Lipinski definition) is 1. The normalized spacial score (nSPS) is 14.1. The SMILES string of the molecule is CSC(=N)CCN1C(=O)c2ccccc2C1=O. The number of nitrogens with zero attached hydrogens (tertiary/aromatic N) is 1. The quantitative estimate of drug-likeness (QED) is 0.505. The Bertz CT molecular complexity index is 464. The largest absolute Gasteiger partial charge is 0.298 e. The minimum absolute atomic E-state index is 0.250. The number of amides is 2. The summed E-state index contributed by atoms with van der Waals surface area (Å²) in [6.07, 6.45) is 2.23. The van der Waals surface area contributed by atoms with E-state index in [-0.39, 0.29) is 18.4 Å². The molecule has 1 aliphatic rings. The number of hydrogen-bond acceptors (Lipinski definition) is 4. The number of benzene rings is 1. The molecule has 4 nitrogen and oxygen atoms in total. The van der Waals surface area contributed by atoms with Crippen LogP contribution in [0.4, 0.5) is 0 Å². The lowest BCUT2D eigenvalue weighted by Crippen LogP contribution is -2.31. The predicted molar refractivity (Wildman–Crippen MR) is 67.7 cm³/mol. The van der Waals surface area contributed by atoms with E-state index in [0.717, 1.165) is 0 Å². The van der Waals surface area contributed by atoms with Gasteiger partial charge in [0.05, 0.1) is 16.2 Å². The topological polar surface area (TPSA) is 61.2 Å². The summed E-state index contributed by atoms with van der Waals surface area (Å²) in [5, 5.41) is 7.98. The Morgan fingerprint density at radius 3 is 2.24 bits per heavy atom. The molecule has 0 saturated carbocycles. The maximum Gasteiger partial charge on any atom is 0.261 e. The van der Waals surface area contributed by atoms with Crippen molar-refractivity contribution in [3.63, 3.8) is 0 Å². The number of fused-ring (bicyclic) bond motifs is 1. The zero-order chi connectivity index (χ0) is 12.4. The lowest BCUT2D eigenvalue weighted by Gasteiger charge is -2.13. The molecular weight excluding hydrogens is 236 g/mol. The fourth-order valence-electron chi connectivity index (χ4n) is 1.76. The van der Waals surface area contributed by atoms with Gasteiger partial charge in [-0.05, 0) is 18.4 Å². The highest BCUT2D eigenvalue weighted by Crippen LogP contribution is 2.22. The van der Waals surface area contributed by atoms with Crippen LogP contribution >= 0.6 is 11.8 Å². The molecule has 1 aromatic rings. The van der Waals surface area contributed by atoms with Gasteiger partial charge in [0.1, 0.15) is 0 Å². The van der Waals surface area contributed by atoms with Crippen molar-refractivity contribution in [3.05, 3.63) is 35.4 Å². The van der Waals surface area contributed by atoms with E-state index >= 15 is 0 Å². The second-order valence-electron chi connectivity index (χ2n) is 3.68. The van der Waals surface area contributed by atoms with Gasteiger partial charge in [0, 0.05) is 13.0 Å². The molecule has 0 aromatic heterocycles. The van der Waals surface area contributed by atoms with E-state index in [0.29, 0.717) is 22.6 Å². The molecule has 0 spiro atoms. The van der Waals surface area contributed by atoms with Gasteiger partial charge in [-0.1, -0.05) is 12.1 Å². The molecule has 88 valence electrons. The Kier molecular flexibility index (Phi) is 3.28. The smallest absolute Gasteiger partial charge is 0.261 e. The van der Waals surface area contributed by atoms with Crippen LogP contribution in [-0.2, 0) is 0 Å². The summed E-state index contributed by atoms with van der Waals surface area (Å²) >= 11 is 1.33. The van der Waals surface area contributed by atoms with Crippen molar-refractivity contribution < 1.29 is 9.59 Å². The molecule has 5 heteroatoms. The molecule has 0 atom stereocenters. The lowest BCUT2D eigenvalue weighted by atomic mass is 10.1. The molecule has 2 rings (SSSR count). The van der Waals surface area contributed by atoms with Crippen LogP contribution in [0.3, 0.4) is 0 Å². The third kappa shape index (κ3) is 2.10. The lowest BCUT2D eigenvalue weighted by molar-refractivity contribution is 0.0659. The van der Waals surface area contributed by atoms with Crippen LogP contribution < -0.4 is 0 Å². The maximum atomic E-state index is 11.9. The Morgan fingerprint density at radius 2 is 1.76 bits per heavy atom. The number of carbonyl (C=O) groups is 2. The van der Waals surface area contributed by atoms with Crippen molar-refractivity contribution in [2.75, 3.05) is 12.8 Å². The van der Waals surface area contributed by atoms with E-state index in [9.17, 15) is 9.59 Å². The Balaban J connectivity index is 2.16. The van der Waals surface area contributed by atoms with Crippen molar-refractivity contribution in [2.45, 2.75) is 6.42 Å². The molecular formula is C12H12N2O2S. The van der Waals surface area contributed by atoms with Crippen molar-refractivity contribution in [2.24, 2.45) is 0 Å². The van der Waals surface area contributed by atoms with Gasteiger partial charge in [0.15, 0.2) is 0 Å². The van der Waals surface area contributed by atoms with Crippen molar-refractivity contribution in [3.8, 4) is 0 Å². The zero-order valence-corrected chi connectivity index (χ0v) is 10.2. The Morgan fingerprint density at radius 1 is 1.24 bits per heavy atom. The van der Waals surface area contributed by atoms with E-state index < -0.39 is 0 Å². The van der Waals surface area contributed by atoms with Crippen LogP contribution in [0.2, 0.25) is 0 Å². The number of thioether (sulfide) groups is 1. The van der Waals surface area contributed by atoms with Crippen LogP contribution in [0.5, 0.6) is 0 Å². The van der Waals surface area contributed by atoms with Crippen molar-refractivity contribution in [1.82, 2.24) is 4.90 Å². The van der Waals surface area contributed by atoms with E-state index in [2.05, 4.69) is 0 Å². The van der Waals surface area contributed by atoms with Gasteiger partial charge in [-0.3, -0.25) is 19.9 Å². The Labute approximate surface area is 104 Å². The molecule has 0 saturated heterocycles. The van der Waals surface area contributed by atoms with Gasteiger partial charge < -0.3 is 0 Å². The minimum Gasteiger partial charge on any atom is -0.298 e. The van der Waals surface area contributed by atoms with Crippen LogP contribution in [0.1, 0.15) is 27.1 Å². The standard InChI is InChI=1S/C12H12N2O2S/c1-17-10(13)6-7-14-11(15)8-4-2-3-5-9(8)12(14)16/h2-5,13H,6-7H2,1H3. The molecule has 2 amide bonds. The van der Waals surface area contributed by atoms with Crippen LogP contribution in [-0.4, -0.2) is 34.6 Å². The van der Waals surface area contributed by atoms with E-state index in [4.69, 9.17) is 5.41 Å². The first-order chi connectivity index (χ1) is 8.15. The summed E-state index contributed by atoms with van der Waals surface area (Å²) in [7, 11) is 0. The molecule has 17 heavy (non-hydrogen) atoms. The fourth-order valence-corrected chi connectivity index (χ4v) is 2.05. The molecule has 0 aliphatic carbocycles. The van der Waals surface area contributed by atoms with E-state index in [1.165, 1.54) is 16.7 Å². The molecule has 1 aromatic carbocycles. The summed E-state index contributed by atoms with van der Waals surface area (Å²) in [4.78, 5) is 25.1. The first-order valence-corrected chi connectivity index (χ1v) is 6.44. The average molecular weight is 248 g/mol. The highest BCUT2D eigenvalue weighted by molar-refractivity contribution is 8.13. The number of rotatable bonds is 3. The monoisotopic (exact) mass is 248 g/mol. The van der Waals surface area contributed by atoms with Gasteiger partial charge in [0.25, 0.3) is 11.8 Å². The molecule has 0 unspecified atom stereocenters. The minimum atomic E-state index is -0.250. The second-order valence-corrected chi connectivity index (χ2v) is 4.59. The first-order valence-electron chi connectivity index (χ1n) is 5.21. The van der Waals surface area contributed by atoms with Crippen LogP contribution in [0.25, 0.3) is 0 Å². The van der Waals surface area contributed by atoms with Crippen molar-refractivity contribution >= 4 is 28.6 Å². The summed E-state index contributed by atoms with van der Waals surface area (Å²) in [5.74, 6) is -0.501. The molecule has 0 fully saturated rings. The molecule has 1 heterocycles. The van der Waals surface area contributed by atoms with Gasteiger partial charge in [-0.2, -0.15) is 0 Å². The molecule has 1 N–H and O–H groups in total. The summed E-state index contributed by atoms with van der Waals surface area (Å²) in [6, 6.07) is 6.82. The number of imide groups is 1. The van der Waals surface area contributed by atoms with E-state index in [1.54, 1.807) is 24.3 Å². The van der Waals surface area contributed by atoms with Gasteiger partial charge in [-0.25, -0.2) is 0 Å². The van der Waals surface area contributed by atoms with Gasteiger partial charge in [-0.15, -0.1) is 11.8 Å². The third-order valence-corrected chi connectivity index (χ3v) is 3.38. The Hall–Kier alpha value is -1.62. The highest BCUT2D eigenvalue weighted by atomic mass is 32.2. The maximum absolute atomic E-state index is 11.9. The number of carbonyl (C=O) groups excluding carboxylic acids is 2. The summed E-state index contributed by atoms with van der Waals surface area (Å²) in [5.41, 5.74) is 0.932. The summed E-state index contributed by atoms with van der Waals surface area (Å²) < 4.78 is 0. The third-order valence-electron chi connectivity index (χ3n) is 2.69. The zero-order valence-electron chi connectivity index (χ0n) is 9.40. The van der Waals surface area contributed by atoms with Crippen LogP contribution in [0.15, 0.2) is 24.3 Å². The molecule has 0 radical (unpaired) electrons. The van der Waals surface area contributed by atoms with E-state index in [1.807, 2.05) is 6.26 Å². The van der Waals surface area contributed by atoms with Gasteiger partial charge >= 0.3 is 0 Å². The van der Waals surface area contributed by atoms with Crippen LogP contribution in [0, 0.1) is 5.41 Å². The second kappa shape index (κ2) is 4.71. The highest BCUT2D eigenvalue weighted by Gasteiger charge is 2.34. The average Bonchev–Trinajstić information content (AvgIpc) is 2.60. The summed E-state index contributed by atoms with van der Waals surface area (Å²) in [6.45, 7) is 0.284. The predicted octanol–water partition coefficient (Wildman–Crippen LogP) is 2.01. The molecule has 1 aliphatic heterocycles. The molecule has 0 bridgehead atoms. The van der Waals surface area contributed by atoms with Crippen molar-refractivity contribution in [1.29, 1.82) is 5.41 Å². The fraction of sp³-hybridized carbons (Fsp3) is 0.250. The number of nitrogens with one attached hydrogen (secondary N) is 1. The van der Waals surface area contributed by atoms with Gasteiger partial charge in [0.2, 0.25) is 0 Å².